The van der Waals surface area contributed by atoms with Crippen molar-refractivity contribution in [2.75, 3.05) is 0 Å². The van der Waals surface area contributed by atoms with Crippen molar-refractivity contribution < 1.29 is 0 Å². The van der Waals surface area contributed by atoms with Crippen molar-refractivity contribution in [2.45, 2.75) is 13.8 Å². The molecule has 0 radical (unpaired) electrons. The van der Waals surface area contributed by atoms with E-state index >= 15 is 0 Å². The summed E-state index contributed by atoms with van der Waals surface area (Å²) in [6.07, 6.45) is 5.95. The number of fused-ring (bicyclic) bond motifs is 1. The van der Waals surface area contributed by atoms with E-state index in [1.807, 2.05) is 12.2 Å². The highest BCUT2D eigenvalue weighted by Gasteiger charge is 1.98. The molecule has 0 bridgehead atoms. The maximum atomic E-state index is 3.73. The number of H-pyrrole nitrogens is 1. The van der Waals surface area contributed by atoms with E-state index in [0.717, 1.165) is 5.35 Å². The van der Waals surface area contributed by atoms with Crippen LogP contribution in [-0.2, 0) is 0 Å². The smallest absolute Gasteiger partial charge is 0.0464 e. The van der Waals surface area contributed by atoms with Gasteiger partial charge in [-0.2, -0.15) is 0 Å². The fourth-order valence-corrected chi connectivity index (χ4v) is 1.91. The van der Waals surface area contributed by atoms with E-state index in [9.17, 15) is 0 Å². The highest BCUT2D eigenvalue weighted by atomic mass is 14.7. The molecule has 0 aliphatic carbocycles. The number of benzene rings is 1. The van der Waals surface area contributed by atoms with Crippen LogP contribution >= 0.6 is 0 Å². The molecule has 0 amide bonds. The van der Waals surface area contributed by atoms with Gasteiger partial charge in [-0.1, -0.05) is 30.4 Å². The van der Waals surface area contributed by atoms with Gasteiger partial charge in [0.15, 0.2) is 0 Å². The number of aromatic amines is 1. The van der Waals surface area contributed by atoms with Crippen LogP contribution < -0.4 is 10.6 Å². The number of aromatic nitrogens is 1. The topological polar surface area (TPSA) is 15.8 Å². The van der Waals surface area contributed by atoms with Crippen LogP contribution in [0.5, 0.6) is 0 Å². The summed E-state index contributed by atoms with van der Waals surface area (Å²) in [6, 6.07) is 6.45. The molecule has 0 unspecified atom stereocenters. The minimum atomic E-state index is 1.13. The lowest BCUT2D eigenvalue weighted by Crippen LogP contribution is -2.21. The molecule has 1 N–H and O–H groups in total. The summed E-state index contributed by atoms with van der Waals surface area (Å²) in [6.45, 7) is 7.90. The lowest BCUT2D eigenvalue weighted by Gasteiger charge is -1.91. The minimum absolute atomic E-state index is 1.13. The van der Waals surface area contributed by atoms with Gasteiger partial charge in [-0.15, -0.1) is 0 Å². The SMILES string of the molecule is C=C/C=c1/[nH]c2ccc(C)cc2/c1=C/C. The van der Waals surface area contributed by atoms with Crippen LogP contribution in [0.15, 0.2) is 30.9 Å². The molecule has 0 atom stereocenters. The molecule has 76 valence electrons. The quantitative estimate of drug-likeness (QED) is 0.721. The molecule has 1 heteroatoms. The zero-order valence-electron chi connectivity index (χ0n) is 9.17. The van der Waals surface area contributed by atoms with Crippen LogP contribution in [0.25, 0.3) is 23.1 Å². The standard InChI is InChI=1S/C14H15N/c1-4-6-13-11(5-2)12-9-10(3)7-8-14(12)15-13/h4-9,15H,1H2,2-3H3/b11-5-,13-6+. The molecule has 0 spiro atoms. The van der Waals surface area contributed by atoms with Gasteiger partial charge < -0.3 is 4.98 Å². The molecular weight excluding hydrogens is 182 g/mol. The first-order valence-corrected chi connectivity index (χ1v) is 5.13. The zero-order chi connectivity index (χ0) is 10.8. The maximum Gasteiger partial charge on any atom is 0.0464 e. The Bertz CT molecular complexity index is 615. The average molecular weight is 197 g/mol. The average Bonchev–Trinajstić information content (AvgIpc) is 2.55. The molecule has 1 nitrogen and oxygen atoms in total. The Morgan fingerprint density at radius 1 is 1.33 bits per heavy atom. The van der Waals surface area contributed by atoms with Crippen LogP contribution in [-0.4, -0.2) is 4.98 Å². The Labute approximate surface area is 89.4 Å². The van der Waals surface area contributed by atoms with Crippen LogP contribution in [0.4, 0.5) is 0 Å². The molecule has 2 aromatic rings. The maximum absolute atomic E-state index is 3.73. The Hall–Kier alpha value is -1.76. The molecule has 1 aromatic heterocycles. The van der Waals surface area contributed by atoms with Crippen molar-refractivity contribution in [3.8, 4) is 0 Å². The van der Waals surface area contributed by atoms with E-state index < -0.39 is 0 Å². The molecule has 2 rings (SSSR count). The minimum Gasteiger partial charge on any atom is -0.355 e. The van der Waals surface area contributed by atoms with Gasteiger partial charge >= 0.3 is 0 Å². The van der Waals surface area contributed by atoms with E-state index in [1.165, 1.54) is 21.7 Å². The Balaban J connectivity index is 3.00. The van der Waals surface area contributed by atoms with E-state index in [4.69, 9.17) is 0 Å². The second-order valence-corrected chi connectivity index (χ2v) is 3.69. The van der Waals surface area contributed by atoms with Crippen molar-refractivity contribution in [1.29, 1.82) is 0 Å². The summed E-state index contributed by atoms with van der Waals surface area (Å²) in [5.74, 6) is 0. The van der Waals surface area contributed by atoms with E-state index in [-0.39, 0.29) is 0 Å². The Kier molecular flexibility index (Phi) is 2.46. The lowest BCUT2D eigenvalue weighted by atomic mass is 10.1. The van der Waals surface area contributed by atoms with Crippen LogP contribution in [0.1, 0.15) is 12.5 Å². The number of nitrogens with one attached hydrogen (secondary N) is 1. The van der Waals surface area contributed by atoms with E-state index in [1.54, 1.807) is 0 Å². The number of rotatable bonds is 1. The summed E-state index contributed by atoms with van der Waals surface area (Å²) in [5.41, 5.74) is 2.47. The van der Waals surface area contributed by atoms with Gasteiger partial charge in [0.05, 0.1) is 0 Å². The number of hydrogen-bond acceptors (Lipinski definition) is 0. The van der Waals surface area contributed by atoms with E-state index in [2.05, 4.69) is 49.7 Å². The molecule has 1 heterocycles. The van der Waals surface area contributed by atoms with Crippen LogP contribution in [0, 0.1) is 6.92 Å². The predicted molar refractivity (Wildman–Crippen MR) is 67.1 cm³/mol. The molecule has 0 saturated carbocycles. The first-order chi connectivity index (χ1) is 7.26. The molecule has 0 aliphatic rings. The summed E-state index contributed by atoms with van der Waals surface area (Å²) in [7, 11) is 0. The van der Waals surface area contributed by atoms with Crippen LogP contribution in [0.2, 0.25) is 0 Å². The van der Waals surface area contributed by atoms with E-state index in [0.29, 0.717) is 0 Å². The lowest BCUT2D eigenvalue weighted by molar-refractivity contribution is 1.36. The van der Waals surface area contributed by atoms with Crippen molar-refractivity contribution in [3.63, 3.8) is 0 Å². The highest BCUT2D eigenvalue weighted by Crippen LogP contribution is 2.07. The summed E-state index contributed by atoms with van der Waals surface area (Å²) in [5, 5.41) is 3.67. The fraction of sp³-hybridized carbons (Fsp3) is 0.143. The largest absolute Gasteiger partial charge is 0.355 e. The van der Waals surface area contributed by atoms with Gasteiger partial charge in [0.25, 0.3) is 0 Å². The monoisotopic (exact) mass is 197 g/mol. The summed E-state index contributed by atoms with van der Waals surface area (Å²) in [4.78, 5) is 3.39. The summed E-state index contributed by atoms with van der Waals surface area (Å²) >= 11 is 0. The molecule has 0 aliphatic heterocycles. The molecule has 15 heavy (non-hydrogen) atoms. The number of allylic oxidation sites excluding steroid dienone is 1. The summed E-state index contributed by atoms with van der Waals surface area (Å²) < 4.78 is 0. The van der Waals surface area contributed by atoms with Gasteiger partial charge in [0.1, 0.15) is 0 Å². The normalized spacial score (nSPS) is 13.7. The van der Waals surface area contributed by atoms with Crippen molar-refractivity contribution in [2.24, 2.45) is 0 Å². The van der Waals surface area contributed by atoms with Gasteiger partial charge in [0, 0.05) is 21.5 Å². The number of hydrogen-bond donors (Lipinski definition) is 1. The zero-order valence-corrected chi connectivity index (χ0v) is 9.17. The van der Waals surface area contributed by atoms with Gasteiger partial charge in [-0.05, 0) is 32.1 Å². The first-order valence-electron chi connectivity index (χ1n) is 5.13. The third kappa shape index (κ3) is 1.61. The van der Waals surface area contributed by atoms with Crippen molar-refractivity contribution >= 4 is 23.1 Å². The van der Waals surface area contributed by atoms with Crippen molar-refractivity contribution in [3.05, 3.63) is 47.0 Å². The fourth-order valence-electron chi connectivity index (χ4n) is 1.91. The second-order valence-electron chi connectivity index (χ2n) is 3.69. The third-order valence-corrected chi connectivity index (χ3v) is 2.60. The van der Waals surface area contributed by atoms with Gasteiger partial charge in [-0.3, -0.25) is 0 Å². The Morgan fingerprint density at radius 2 is 2.13 bits per heavy atom. The molecule has 1 aromatic carbocycles. The molecule has 0 saturated heterocycles. The Morgan fingerprint density at radius 3 is 2.80 bits per heavy atom. The molecule has 0 fully saturated rings. The van der Waals surface area contributed by atoms with Crippen LogP contribution in [0.3, 0.4) is 0 Å². The van der Waals surface area contributed by atoms with Gasteiger partial charge in [-0.25, -0.2) is 0 Å². The van der Waals surface area contributed by atoms with Gasteiger partial charge in [0.2, 0.25) is 0 Å². The first kappa shape index (κ1) is 9.78. The second kappa shape index (κ2) is 3.77. The van der Waals surface area contributed by atoms with Crippen molar-refractivity contribution in [1.82, 2.24) is 4.98 Å². The number of aryl methyl sites for hydroxylation is 1. The predicted octanol–water partition coefficient (Wildman–Crippen LogP) is 2.24. The molecular formula is C14H15N. The highest BCUT2D eigenvalue weighted by molar-refractivity contribution is 5.82. The third-order valence-electron chi connectivity index (χ3n) is 2.60.